The summed E-state index contributed by atoms with van der Waals surface area (Å²) in [6, 6.07) is 16.5. The number of benzene rings is 2. The maximum absolute atomic E-state index is 13.0. The molecule has 0 aromatic heterocycles. The Hall–Kier alpha value is -1.75. The van der Waals surface area contributed by atoms with Crippen molar-refractivity contribution in [3.8, 4) is 0 Å². The zero-order valence-corrected chi connectivity index (χ0v) is 13.4. The average Bonchev–Trinajstić information content (AvgIpc) is 2.76. The molecule has 0 saturated carbocycles. The Morgan fingerprint density at radius 2 is 1.38 bits per heavy atom. The van der Waals surface area contributed by atoms with Crippen LogP contribution in [0, 0.1) is 0 Å². The maximum atomic E-state index is 13.0. The Morgan fingerprint density at radius 3 is 1.90 bits per heavy atom. The minimum Gasteiger partial charge on any atom is -0.293 e. The zero-order valence-electron chi connectivity index (χ0n) is 11.3. The minimum atomic E-state index is -1.10. The van der Waals surface area contributed by atoms with E-state index in [1.165, 1.54) is 0 Å². The summed E-state index contributed by atoms with van der Waals surface area (Å²) in [7, 11) is 0. The third-order valence-corrected chi connectivity index (χ3v) is 4.48. The van der Waals surface area contributed by atoms with Crippen LogP contribution in [0.4, 0.5) is 0 Å². The van der Waals surface area contributed by atoms with E-state index in [9.17, 15) is 9.59 Å². The molecule has 0 N–H and O–H groups in total. The lowest BCUT2D eigenvalue weighted by atomic mass is 9.73. The highest BCUT2D eigenvalue weighted by Crippen LogP contribution is 2.42. The Balaban J connectivity index is 2.24. The van der Waals surface area contributed by atoms with Gasteiger partial charge in [-0.15, -0.1) is 0 Å². The van der Waals surface area contributed by atoms with Gasteiger partial charge in [-0.25, -0.2) is 0 Å². The number of allylic oxidation sites excluding steroid dienone is 1. The number of hydrogen-bond donors (Lipinski definition) is 0. The van der Waals surface area contributed by atoms with Crippen LogP contribution in [0.3, 0.4) is 0 Å². The molecule has 2 aromatic rings. The molecule has 0 radical (unpaired) electrons. The molecule has 0 amide bonds. The Kier molecular flexibility index (Phi) is 3.76. The summed E-state index contributed by atoms with van der Waals surface area (Å²) in [5.41, 5.74) is 0.735. The third kappa shape index (κ3) is 2.07. The van der Waals surface area contributed by atoms with Crippen molar-refractivity contribution in [3.05, 3.63) is 81.4 Å². The molecule has 0 heterocycles. The van der Waals surface area contributed by atoms with Crippen molar-refractivity contribution in [1.82, 2.24) is 0 Å². The van der Waals surface area contributed by atoms with E-state index in [0.717, 1.165) is 5.56 Å². The van der Waals surface area contributed by atoms with E-state index in [0.29, 0.717) is 17.5 Å². The number of rotatable bonds is 3. The number of carbonyl (C=O) groups excluding carboxylic acids is 2. The number of ketones is 2. The lowest BCUT2D eigenvalue weighted by Gasteiger charge is -2.25. The van der Waals surface area contributed by atoms with Gasteiger partial charge in [0.1, 0.15) is 5.41 Å². The highest BCUT2D eigenvalue weighted by Gasteiger charge is 2.52. The van der Waals surface area contributed by atoms with Crippen LogP contribution in [0.2, 0.25) is 0 Å². The molecule has 1 aliphatic rings. The first kappa shape index (κ1) is 14.2. The number of halogens is 1. The second kappa shape index (κ2) is 5.56. The lowest BCUT2D eigenvalue weighted by Crippen LogP contribution is -2.37. The van der Waals surface area contributed by atoms with E-state index in [4.69, 9.17) is 0 Å². The molecular formula is C18H13IO2. The van der Waals surface area contributed by atoms with E-state index in [1.54, 1.807) is 24.3 Å². The summed E-state index contributed by atoms with van der Waals surface area (Å²) < 4.78 is 1.85. The maximum Gasteiger partial charge on any atom is 0.182 e. The largest absolute Gasteiger partial charge is 0.293 e. The fraction of sp³-hybridized carbons (Fsp3) is 0.111. The molecule has 0 aliphatic heterocycles. The van der Waals surface area contributed by atoms with Gasteiger partial charge in [0, 0.05) is 11.1 Å². The molecule has 3 heteroatoms. The summed E-state index contributed by atoms with van der Waals surface area (Å²) in [4.78, 5) is 26.0. The van der Waals surface area contributed by atoms with Crippen LogP contribution in [0.25, 0.3) is 0 Å². The molecule has 0 saturated heterocycles. The van der Waals surface area contributed by atoms with Crippen LogP contribution >= 0.6 is 22.6 Å². The molecule has 2 nitrogen and oxygen atoms in total. The van der Waals surface area contributed by atoms with Crippen LogP contribution in [0.15, 0.2) is 64.8 Å². The van der Waals surface area contributed by atoms with Gasteiger partial charge in [-0.3, -0.25) is 9.59 Å². The first-order valence-corrected chi connectivity index (χ1v) is 7.96. The van der Waals surface area contributed by atoms with Gasteiger partial charge in [-0.05, 0) is 16.1 Å². The second-order valence-electron chi connectivity index (χ2n) is 5.04. The fourth-order valence-electron chi connectivity index (χ4n) is 2.95. The van der Waals surface area contributed by atoms with Gasteiger partial charge >= 0.3 is 0 Å². The normalized spacial score (nSPS) is 16.4. The SMILES string of the molecule is O=C1c2ccccc2C(=O)C1(C/C=C\I)c1ccccc1. The summed E-state index contributed by atoms with van der Waals surface area (Å²) in [5.74, 6) is -0.187. The summed E-state index contributed by atoms with van der Waals surface area (Å²) in [5, 5.41) is 0. The summed E-state index contributed by atoms with van der Waals surface area (Å²) in [6.07, 6.45) is 2.28. The molecule has 0 fully saturated rings. The first-order valence-electron chi connectivity index (χ1n) is 6.71. The van der Waals surface area contributed by atoms with Crippen LogP contribution in [-0.4, -0.2) is 11.6 Å². The zero-order chi connectivity index (χ0) is 14.9. The van der Waals surface area contributed by atoms with E-state index in [-0.39, 0.29) is 11.6 Å². The molecule has 3 rings (SSSR count). The predicted molar refractivity (Wildman–Crippen MR) is 91.0 cm³/mol. The summed E-state index contributed by atoms with van der Waals surface area (Å²) in [6.45, 7) is 0. The molecule has 104 valence electrons. The van der Waals surface area contributed by atoms with Crippen molar-refractivity contribution in [3.63, 3.8) is 0 Å². The van der Waals surface area contributed by atoms with Crippen LogP contribution in [-0.2, 0) is 5.41 Å². The predicted octanol–water partition coefficient (Wildman–Crippen LogP) is 4.34. The highest BCUT2D eigenvalue weighted by molar-refractivity contribution is 14.1. The first-order chi connectivity index (χ1) is 10.2. The monoisotopic (exact) mass is 388 g/mol. The standard InChI is InChI=1S/C18H13IO2/c19-12-6-11-18(13-7-2-1-3-8-13)16(20)14-9-4-5-10-15(14)17(18)21/h1-10,12H,11H2/b12-6-. The van der Waals surface area contributed by atoms with Crippen LogP contribution in [0.5, 0.6) is 0 Å². The number of carbonyl (C=O) groups is 2. The molecule has 21 heavy (non-hydrogen) atoms. The van der Waals surface area contributed by atoms with Crippen molar-refractivity contribution in [2.24, 2.45) is 0 Å². The van der Waals surface area contributed by atoms with Crippen molar-refractivity contribution in [2.75, 3.05) is 0 Å². The van der Waals surface area contributed by atoms with E-state index in [2.05, 4.69) is 22.6 Å². The van der Waals surface area contributed by atoms with Crippen LogP contribution < -0.4 is 0 Å². The van der Waals surface area contributed by atoms with Crippen molar-refractivity contribution < 1.29 is 9.59 Å². The lowest BCUT2D eigenvalue weighted by molar-refractivity contribution is 0.0796. The Bertz CT molecular complexity index is 697. The fourth-order valence-corrected chi connectivity index (χ4v) is 3.21. The van der Waals surface area contributed by atoms with E-state index < -0.39 is 5.41 Å². The average molecular weight is 388 g/mol. The van der Waals surface area contributed by atoms with E-state index >= 15 is 0 Å². The van der Waals surface area contributed by atoms with Crippen molar-refractivity contribution >= 4 is 34.2 Å². The number of hydrogen-bond acceptors (Lipinski definition) is 2. The minimum absolute atomic E-state index is 0.0937. The topological polar surface area (TPSA) is 34.1 Å². The van der Waals surface area contributed by atoms with Gasteiger partial charge < -0.3 is 0 Å². The smallest absolute Gasteiger partial charge is 0.182 e. The van der Waals surface area contributed by atoms with Gasteiger partial charge in [-0.2, -0.15) is 0 Å². The highest BCUT2D eigenvalue weighted by atomic mass is 127. The van der Waals surface area contributed by atoms with Crippen molar-refractivity contribution in [2.45, 2.75) is 11.8 Å². The van der Waals surface area contributed by atoms with Crippen molar-refractivity contribution in [1.29, 1.82) is 0 Å². The Morgan fingerprint density at radius 1 is 0.857 bits per heavy atom. The number of fused-ring (bicyclic) bond motifs is 1. The molecular weight excluding hydrogens is 375 g/mol. The third-order valence-electron chi connectivity index (χ3n) is 3.97. The molecule has 0 bridgehead atoms. The molecule has 2 aromatic carbocycles. The van der Waals surface area contributed by atoms with Gasteiger partial charge in [0.15, 0.2) is 11.6 Å². The van der Waals surface area contributed by atoms with Gasteiger partial charge in [0.05, 0.1) is 0 Å². The molecule has 0 atom stereocenters. The molecule has 1 aliphatic carbocycles. The summed E-state index contributed by atoms with van der Waals surface area (Å²) >= 11 is 2.11. The van der Waals surface area contributed by atoms with Gasteiger partial charge in [0.25, 0.3) is 0 Å². The molecule has 0 spiro atoms. The number of Topliss-reactive ketones (excluding diaryl/α,β-unsaturated/α-hetero) is 2. The van der Waals surface area contributed by atoms with Crippen LogP contribution in [0.1, 0.15) is 32.7 Å². The van der Waals surface area contributed by atoms with Gasteiger partial charge in [-0.1, -0.05) is 83.3 Å². The Labute approximate surface area is 137 Å². The second-order valence-corrected chi connectivity index (χ2v) is 5.76. The van der Waals surface area contributed by atoms with E-state index in [1.807, 2.05) is 40.5 Å². The van der Waals surface area contributed by atoms with Gasteiger partial charge in [0.2, 0.25) is 0 Å². The molecule has 0 unspecified atom stereocenters. The quantitative estimate of drug-likeness (QED) is 0.579.